The Bertz CT molecular complexity index is 956. The first-order valence-corrected chi connectivity index (χ1v) is 11.4. The van der Waals surface area contributed by atoms with E-state index in [1.54, 1.807) is 35.9 Å². The Morgan fingerprint density at radius 1 is 1.21 bits per heavy atom. The molecule has 1 aromatic carbocycles. The molecule has 0 radical (unpaired) electrons. The van der Waals surface area contributed by atoms with Crippen LogP contribution in [-0.4, -0.2) is 41.2 Å². The van der Waals surface area contributed by atoms with Crippen molar-refractivity contribution in [2.45, 2.75) is 25.2 Å². The minimum atomic E-state index is 0.0920. The monoisotopic (exact) mass is 425 g/mol. The van der Waals surface area contributed by atoms with Crippen LogP contribution in [0.4, 0.5) is 0 Å². The SMILES string of the molecule is COc1ccc(Cc2nnc(C3CCN(C(=O)C=Cc4cccs4)CC3)s2)cc1. The highest BCUT2D eigenvalue weighted by atomic mass is 32.1. The van der Waals surface area contributed by atoms with Crippen molar-refractivity contribution in [3.63, 3.8) is 0 Å². The van der Waals surface area contributed by atoms with Crippen LogP contribution in [0.3, 0.4) is 0 Å². The number of carbonyl (C=O) groups excluding carboxylic acids is 1. The van der Waals surface area contributed by atoms with Crippen LogP contribution >= 0.6 is 22.7 Å². The minimum Gasteiger partial charge on any atom is -0.497 e. The predicted molar refractivity (Wildman–Crippen MR) is 118 cm³/mol. The fourth-order valence-electron chi connectivity index (χ4n) is 3.41. The molecule has 0 aliphatic carbocycles. The van der Waals surface area contributed by atoms with Gasteiger partial charge in [-0.25, -0.2) is 0 Å². The van der Waals surface area contributed by atoms with Crippen LogP contribution in [0.5, 0.6) is 5.75 Å². The van der Waals surface area contributed by atoms with Crippen molar-refractivity contribution >= 4 is 34.7 Å². The average Bonchev–Trinajstić information content (AvgIpc) is 3.45. The number of likely N-dealkylation sites (tertiary alicyclic amines) is 1. The molecule has 4 rings (SSSR count). The van der Waals surface area contributed by atoms with Crippen LogP contribution < -0.4 is 4.74 Å². The number of nitrogens with zero attached hydrogens (tertiary/aromatic N) is 3. The van der Waals surface area contributed by atoms with E-state index in [4.69, 9.17) is 4.74 Å². The highest BCUT2D eigenvalue weighted by Crippen LogP contribution is 2.31. The molecule has 1 amide bonds. The Kier molecular flexibility index (Phi) is 6.36. The number of amides is 1. The summed E-state index contributed by atoms with van der Waals surface area (Å²) in [6.07, 6.45) is 6.25. The largest absolute Gasteiger partial charge is 0.497 e. The van der Waals surface area contributed by atoms with E-state index in [1.807, 2.05) is 40.6 Å². The van der Waals surface area contributed by atoms with Gasteiger partial charge in [0.2, 0.25) is 5.91 Å². The maximum atomic E-state index is 12.4. The number of rotatable bonds is 6. The van der Waals surface area contributed by atoms with E-state index in [0.717, 1.165) is 53.0 Å². The first-order valence-electron chi connectivity index (χ1n) is 9.67. The van der Waals surface area contributed by atoms with Gasteiger partial charge < -0.3 is 9.64 Å². The molecule has 7 heteroatoms. The lowest BCUT2D eigenvalue weighted by atomic mass is 9.97. The van der Waals surface area contributed by atoms with Crippen LogP contribution in [0.1, 0.15) is 39.2 Å². The highest BCUT2D eigenvalue weighted by Gasteiger charge is 2.25. The van der Waals surface area contributed by atoms with E-state index >= 15 is 0 Å². The first-order chi connectivity index (χ1) is 14.2. The second-order valence-electron chi connectivity index (χ2n) is 7.01. The van der Waals surface area contributed by atoms with E-state index in [9.17, 15) is 4.79 Å². The number of thiophene rings is 1. The van der Waals surface area contributed by atoms with Gasteiger partial charge in [-0.15, -0.1) is 32.9 Å². The molecule has 0 unspecified atom stereocenters. The number of ether oxygens (including phenoxy) is 1. The lowest BCUT2D eigenvalue weighted by Crippen LogP contribution is -2.36. The normalized spacial score (nSPS) is 15.1. The van der Waals surface area contributed by atoms with Gasteiger partial charge in [0.15, 0.2) is 0 Å². The Balaban J connectivity index is 1.30. The van der Waals surface area contributed by atoms with E-state index in [0.29, 0.717) is 5.92 Å². The van der Waals surface area contributed by atoms with Gasteiger partial charge in [0.25, 0.3) is 0 Å². The van der Waals surface area contributed by atoms with Crippen molar-refractivity contribution in [3.8, 4) is 5.75 Å². The smallest absolute Gasteiger partial charge is 0.246 e. The molecule has 5 nitrogen and oxygen atoms in total. The summed E-state index contributed by atoms with van der Waals surface area (Å²) in [6, 6.07) is 12.1. The standard InChI is InChI=1S/C22H23N3O2S2/c1-27-18-6-4-16(5-7-18)15-20-23-24-22(29-20)17-10-12-25(13-11-17)21(26)9-8-19-3-2-14-28-19/h2-9,14,17H,10-13,15H2,1H3. The van der Waals surface area contributed by atoms with Crippen molar-refractivity contribution in [3.05, 3.63) is 68.3 Å². The summed E-state index contributed by atoms with van der Waals surface area (Å²) in [4.78, 5) is 15.4. The molecule has 0 saturated carbocycles. The zero-order valence-electron chi connectivity index (χ0n) is 16.3. The van der Waals surface area contributed by atoms with Gasteiger partial charge in [-0.3, -0.25) is 4.79 Å². The molecule has 0 atom stereocenters. The number of methoxy groups -OCH3 is 1. The molecule has 0 bridgehead atoms. The van der Waals surface area contributed by atoms with E-state index in [1.165, 1.54) is 5.56 Å². The van der Waals surface area contributed by atoms with Crippen molar-refractivity contribution in [2.24, 2.45) is 0 Å². The fraction of sp³-hybridized carbons (Fsp3) is 0.318. The number of piperidine rings is 1. The predicted octanol–water partition coefficient (Wildman–Crippen LogP) is 4.62. The van der Waals surface area contributed by atoms with Crippen molar-refractivity contribution in [2.75, 3.05) is 20.2 Å². The van der Waals surface area contributed by atoms with Gasteiger partial charge in [-0.2, -0.15) is 0 Å². The molecular weight excluding hydrogens is 402 g/mol. The Labute approximate surface area is 178 Å². The number of hydrogen-bond donors (Lipinski definition) is 0. The second kappa shape index (κ2) is 9.33. The quantitative estimate of drug-likeness (QED) is 0.541. The Morgan fingerprint density at radius 3 is 2.69 bits per heavy atom. The van der Waals surface area contributed by atoms with Gasteiger partial charge >= 0.3 is 0 Å². The maximum absolute atomic E-state index is 12.4. The number of hydrogen-bond acceptors (Lipinski definition) is 6. The summed E-state index contributed by atoms with van der Waals surface area (Å²) in [7, 11) is 1.67. The average molecular weight is 426 g/mol. The minimum absolute atomic E-state index is 0.0920. The summed E-state index contributed by atoms with van der Waals surface area (Å²) >= 11 is 3.33. The zero-order chi connectivity index (χ0) is 20.1. The third kappa shape index (κ3) is 5.10. The van der Waals surface area contributed by atoms with Gasteiger partial charge in [-0.05, 0) is 48.1 Å². The summed E-state index contributed by atoms with van der Waals surface area (Å²) in [6.45, 7) is 1.54. The molecule has 150 valence electrons. The van der Waals surface area contributed by atoms with Crippen LogP contribution in [0.15, 0.2) is 47.9 Å². The van der Waals surface area contributed by atoms with Crippen molar-refractivity contribution < 1.29 is 9.53 Å². The van der Waals surface area contributed by atoms with E-state index < -0.39 is 0 Å². The van der Waals surface area contributed by atoms with Gasteiger partial charge in [-0.1, -0.05) is 18.2 Å². The van der Waals surface area contributed by atoms with Gasteiger partial charge in [0.05, 0.1) is 7.11 Å². The lowest BCUT2D eigenvalue weighted by molar-refractivity contribution is -0.126. The maximum Gasteiger partial charge on any atom is 0.246 e. The first kappa shape index (κ1) is 19.8. The van der Waals surface area contributed by atoms with Crippen LogP contribution in [0.2, 0.25) is 0 Å². The van der Waals surface area contributed by atoms with E-state index in [2.05, 4.69) is 22.3 Å². The molecule has 1 fully saturated rings. The molecule has 1 saturated heterocycles. The van der Waals surface area contributed by atoms with Crippen LogP contribution in [0, 0.1) is 0 Å². The molecule has 2 aromatic heterocycles. The third-order valence-corrected chi connectivity index (χ3v) is 7.01. The Morgan fingerprint density at radius 2 is 2.00 bits per heavy atom. The van der Waals surface area contributed by atoms with Crippen molar-refractivity contribution in [1.29, 1.82) is 0 Å². The Hall–Kier alpha value is -2.51. The number of carbonyl (C=O) groups is 1. The molecule has 1 aliphatic heterocycles. The van der Waals surface area contributed by atoms with Crippen LogP contribution in [0.25, 0.3) is 6.08 Å². The van der Waals surface area contributed by atoms with Crippen LogP contribution in [-0.2, 0) is 11.2 Å². The van der Waals surface area contributed by atoms with Crippen molar-refractivity contribution in [1.82, 2.24) is 15.1 Å². The lowest BCUT2D eigenvalue weighted by Gasteiger charge is -2.30. The molecule has 0 N–H and O–H groups in total. The molecule has 3 aromatic rings. The van der Waals surface area contributed by atoms with E-state index in [-0.39, 0.29) is 5.91 Å². The number of benzene rings is 1. The third-order valence-electron chi connectivity index (χ3n) is 5.09. The van der Waals surface area contributed by atoms with Gasteiger partial charge in [0, 0.05) is 36.4 Å². The molecule has 29 heavy (non-hydrogen) atoms. The number of aromatic nitrogens is 2. The molecule has 3 heterocycles. The van der Waals surface area contributed by atoms with Gasteiger partial charge in [0.1, 0.15) is 15.8 Å². The molecular formula is C22H23N3O2S2. The second-order valence-corrected chi connectivity index (χ2v) is 9.08. The molecule has 0 spiro atoms. The summed E-state index contributed by atoms with van der Waals surface area (Å²) in [5.74, 6) is 1.34. The zero-order valence-corrected chi connectivity index (χ0v) is 17.9. The topological polar surface area (TPSA) is 55.3 Å². The summed E-state index contributed by atoms with van der Waals surface area (Å²) in [5, 5.41) is 13.0. The highest BCUT2D eigenvalue weighted by molar-refractivity contribution is 7.11. The molecule has 1 aliphatic rings. The fourth-order valence-corrected chi connectivity index (χ4v) is 5.08. The summed E-state index contributed by atoms with van der Waals surface area (Å²) < 4.78 is 5.21. The summed E-state index contributed by atoms with van der Waals surface area (Å²) in [5.41, 5.74) is 1.20.